The number of hydrogen-bond donors (Lipinski definition) is 1. The predicted molar refractivity (Wildman–Crippen MR) is 63.8 cm³/mol. The monoisotopic (exact) mass is 258 g/mol. The van der Waals surface area contributed by atoms with Crippen LogP contribution in [0.25, 0.3) is 0 Å². The van der Waals surface area contributed by atoms with Gasteiger partial charge in [-0.05, 0) is 30.5 Å². The molecule has 0 radical (unpaired) electrons. The average Bonchev–Trinajstić information content (AvgIpc) is 2.63. The third-order valence-corrected chi connectivity index (χ3v) is 3.58. The van der Waals surface area contributed by atoms with Gasteiger partial charge in [0.1, 0.15) is 5.78 Å². The summed E-state index contributed by atoms with van der Waals surface area (Å²) in [6, 6.07) is 4.94. The van der Waals surface area contributed by atoms with E-state index in [9.17, 15) is 9.90 Å². The molecule has 1 fully saturated rings. The Hall–Kier alpha value is -0.570. The molecule has 0 spiro atoms. The van der Waals surface area contributed by atoms with E-state index < -0.39 is 6.10 Å². The topological polar surface area (TPSA) is 37.3 Å². The molecule has 0 bridgehead atoms. The van der Waals surface area contributed by atoms with Gasteiger partial charge in [0, 0.05) is 22.4 Å². The van der Waals surface area contributed by atoms with Gasteiger partial charge in [0.05, 0.1) is 6.10 Å². The Morgan fingerprint density at radius 3 is 2.69 bits per heavy atom. The lowest BCUT2D eigenvalue weighted by atomic mass is 9.94. The van der Waals surface area contributed by atoms with Crippen LogP contribution in [0.4, 0.5) is 0 Å². The molecular formula is C12H12Cl2O2. The SMILES string of the molecule is O=C1CCC[C@H]1[C@@H](O)c1ccc(Cl)cc1Cl. The van der Waals surface area contributed by atoms with E-state index in [-0.39, 0.29) is 11.7 Å². The third kappa shape index (κ3) is 2.24. The first kappa shape index (κ1) is 11.9. The van der Waals surface area contributed by atoms with Crippen LogP contribution < -0.4 is 0 Å². The maximum Gasteiger partial charge on any atom is 0.138 e. The second-order valence-electron chi connectivity index (χ2n) is 4.08. The molecule has 0 aromatic heterocycles. The van der Waals surface area contributed by atoms with Crippen molar-refractivity contribution in [1.82, 2.24) is 0 Å². The van der Waals surface area contributed by atoms with Crippen LogP contribution in [0.3, 0.4) is 0 Å². The second-order valence-corrected chi connectivity index (χ2v) is 4.92. The third-order valence-electron chi connectivity index (χ3n) is 3.01. The highest BCUT2D eigenvalue weighted by Gasteiger charge is 2.32. The average molecular weight is 259 g/mol. The number of Topliss-reactive ketones (excluding diaryl/α,β-unsaturated/α-hetero) is 1. The van der Waals surface area contributed by atoms with Gasteiger partial charge in [0.15, 0.2) is 0 Å². The van der Waals surface area contributed by atoms with Crippen LogP contribution in [0.15, 0.2) is 18.2 Å². The molecule has 1 aliphatic carbocycles. The van der Waals surface area contributed by atoms with Crippen LogP contribution in [-0.4, -0.2) is 10.9 Å². The summed E-state index contributed by atoms with van der Waals surface area (Å²) in [7, 11) is 0. The highest BCUT2D eigenvalue weighted by molar-refractivity contribution is 6.35. The maximum absolute atomic E-state index is 11.5. The molecule has 1 aliphatic rings. The van der Waals surface area contributed by atoms with E-state index in [2.05, 4.69) is 0 Å². The Bertz CT molecular complexity index is 417. The summed E-state index contributed by atoms with van der Waals surface area (Å²) in [5, 5.41) is 11.1. The van der Waals surface area contributed by atoms with Crippen molar-refractivity contribution in [2.75, 3.05) is 0 Å². The van der Waals surface area contributed by atoms with Gasteiger partial charge in [-0.3, -0.25) is 4.79 Å². The lowest BCUT2D eigenvalue weighted by Gasteiger charge is -2.18. The molecule has 0 saturated heterocycles. The largest absolute Gasteiger partial charge is 0.388 e. The lowest BCUT2D eigenvalue weighted by molar-refractivity contribution is -0.123. The fourth-order valence-corrected chi connectivity index (χ4v) is 2.65. The second kappa shape index (κ2) is 4.74. The molecule has 0 heterocycles. The molecule has 0 amide bonds. The number of hydrogen-bond acceptors (Lipinski definition) is 2. The number of aliphatic hydroxyl groups excluding tert-OH is 1. The van der Waals surface area contributed by atoms with Gasteiger partial charge in [-0.25, -0.2) is 0 Å². The Kier molecular flexibility index (Phi) is 3.53. The van der Waals surface area contributed by atoms with E-state index in [1.807, 2.05) is 0 Å². The van der Waals surface area contributed by atoms with Crippen LogP contribution in [0, 0.1) is 5.92 Å². The Morgan fingerprint density at radius 2 is 2.12 bits per heavy atom. The summed E-state index contributed by atoms with van der Waals surface area (Å²) in [5.41, 5.74) is 0.589. The Balaban J connectivity index is 2.26. The highest BCUT2D eigenvalue weighted by Crippen LogP contribution is 2.36. The van der Waals surface area contributed by atoms with Gasteiger partial charge in [-0.2, -0.15) is 0 Å². The van der Waals surface area contributed by atoms with Crippen LogP contribution in [0.1, 0.15) is 30.9 Å². The van der Waals surface area contributed by atoms with Gasteiger partial charge in [0.25, 0.3) is 0 Å². The fourth-order valence-electron chi connectivity index (χ4n) is 2.13. The molecule has 1 aromatic carbocycles. The minimum atomic E-state index is -0.806. The molecule has 1 aromatic rings. The number of aliphatic hydroxyl groups is 1. The molecule has 2 nitrogen and oxygen atoms in total. The standard InChI is InChI=1S/C12H12Cl2O2/c13-7-4-5-8(10(14)6-7)12(16)9-2-1-3-11(9)15/h4-6,9,12,16H,1-3H2/t9-,12+/m1/s1. The van der Waals surface area contributed by atoms with Gasteiger partial charge in [-0.1, -0.05) is 29.3 Å². The van der Waals surface area contributed by atoms with Gasteiger partial charge in [0.2, 0.25) is 0 Å². The van der Waals surface area contributed by atoms with E-state index in [0.29, 0.717) is 22.0 Å². The van der Waals surface area contributed by atoms with Crippen molar-refractivity contribution in [3.63, 3.8) is 0 Å². The zero-order valence-electron chi connectivity index (χ0n) is 8.62. The van der Waals surface area contributed by atoms with Gasteiger partial charge in [-0.15, -0.1) is 0 Å². The fraction of sp³-hybridized carbons (Fsp3) is 0.417. The van der Waals surface area contributed by atoms with E-state index in [1.54, 1.807) is 18.2 Å². The summed E-state index contributed by atoms with van der Waals surface area (Å²) in [5.74, 6) is -0.183. The molecule has 0 aliphatic heterocycles. The quantitative estimate of drug-likeness (QED) is 0.883. The number of rotatable bonds is 2. The Morgan fingerprint density at radius 1 is 1.38 bits per heavy atom. The molecule has 86 valence electrons. The summed E-state index contributed by atoms with van der Waals surface area (Å²) < 4.78 is 0. The van der Waals surface area contributed by atoms with Crippen molar-refractivity contribution in [1.29, 1.82) is 0 Å². The number of carbonyl (C=O) groups excluding carboxylic acids is 1. The van der Waals surface area contributed by atoms with Crippen molar-refractivity contribution in [3.8, 4) is 0 Å². The van der Waals surface area contributed by atoms with Gasteiger partial charge < -0.3 is 5.11 Å². The van der Waals surface area contributed by atoms with Crippen molar-refractivity contribution < 1.29 is 9.90 Å². The van der Waals surface area contributed by atoms with E-state index >= 15 is 0 Å². The zero-order chi connectivity index (χ0) is 11.7. The van der Waals surface area contributed by atoms with Crippen LogP contribution in [-0.2, 0) is 4.79 Å². The zero-order valence-corrected chi connectivity index (χ0v) is 10.1. The summed E-state index contributed by atoms with van der Waals surface area (Å²) >= 11 is 11.8. The highest BCUT2D eigenvalue weighted by atomic mass is 35.5. The summed E-state index contributed by atoms with van der Waals surface area (Å²) in [6.07, 6.45) is 1.34. The summed E-state index contributed by atoms with van der Waals surface area (Å²) in [6.45, 7) is 0. The number of benzene rings is 1. The number of carbonyl (C=O) groups is 1. The van der Waals surface area contributed by atoms with Crippen LogP contribution >= 0.6 is 23.2 Å². The van der Waals surface area contributed by atoms with Crippen molar-refractivity contribution in [2.45, 2.75) is 25.4 Å². The molecule has 16 heavy (non-hydrogen) atoms. The van der Waals surface area contributed by atoms with Gasteiger partial charge >= 0.3 is 0 Å². The predicted octanol–water partition coefficient (Wildman–Crippen LogP) is 3.40. The van der Waals surface area contributed by atoms with Crippen molar-refractivity contribution >= 4 is 29.0 Å². The number of ketones is 1. The lowest BCUT2D eigenvalue weighted by Crippen LogP contribution is -2.17. The molecule has 1 saturated carbocycles. The first-order valence-corrected chi connectivity index (χ1v) is 6.01. The first-order chi connectivity index (χ1) is 7.59. The molecule has 2 atom stereocenters. The Labute approximate surface area is 104 Å². The maximum atomic E-state index is 11.5. The van der Waals surface area contributed by atoms with E-state index in [0.717, 1.165) is 12.8 Å². The first-order valence-electron chi connectivity index (χ1n) is 5.25. The van der Waals surface area contributed by atoms with E-state index in [1.165, 1.54) is 0 Å². The van der Waals surface area contributed by atoms with E-state index in [4.69, 9.17) is 23.2 Å². The smallest absolute Gasteiger partial charge is 0.138 e. The molecule has 4 heteroatoms. The van der Waals surface area contributed by atoms with Crippen LogP contribution in [0.2, 0.25) is 10.0 Å². The normalized spacial score (nSPS) is 22.4. The van der Waals surface area contributed by atoms with Crippen molar-refractivity contribution in [3.05, 3.63) is 33.8 Å². The minimum Gasteiger partial charge on any atom is -0.388 e. The molecule has 1 N–H and O–H groups in total. The molecule has 0 unspecified atom stereocenters. The summed E-state index contributed by atoms with van der Waals surface area (Å²) in [4.78, 5) is 11.5. The molecule has 2 rings (SSSR count). The van der Waals surface area contributed by atoms with Crippen LogP contribution in [0.5, 0.6) is 0 Å². The molecular weight excluding hydrogens is 247 g/mol. The minimum absolute atomic E-state index is 0.124. The number of halogens is 2. The van der Waals surface area contributed by atoms with Crippen molar-refractivity contribution in [2.24, 2.45) is 5.92 Å².